The Bertz CT molecular complexity index is 696. The van der Waals surface area contributed by atoms with Crippen molar-refractivity contribution >= 4 is 5.82 Å². The summed E-state index contributed by atoms with van der Waals surface area (Å²) in [5.74, 6) is 0.770. The van der Waals surface area contributed by atoms with E-state index < -0.39 is 0 Å². The number of methoxy groups -OCH3 is 1. The molecular formula is C18H22FN3O2. The minimum absolute atomic E-state index is 0.0607. The van der Waals surface area contributed by atoms with Gasteiger partial charge in [-0.25, -0.2) is 9.37 Å². The van der Waals surface area contributed by atoms with E-state index in [2.05, 4.69) is 15.2 Å². The van der Waals surface area contributed by atoms with Crippen molar-refractivity contribution in [1.82, 2.24) is 9.88 Å². The summed E-state index contributed by atoms with van der Waals surface area (Å²) < 4.78 is 24.5. The maximum atomic E-state index is 13.5. The molecule has 0 unspecified atom stereocenters. The Morgan fingerprint density at radius 2 is 2.25 bits per heavy atom. The Hall–Kier alpha value is -2.18. The second kappa shape index (κ2) is 7.59. The average Bonchev–Trinajstić information content (AvgIpc) is 2.63. The van der Waals surface area contributed by atoms with Crippen molar-refractivity contribution in [3.8, 4) is 5.75 Å². The molecule has 0 saturated carbocycles. The van der Waals surface area contributed by atoms with Crippen LogP contribution in [0.2, 0.25) is 0 Å². The van der Waals surface area contributed by atoms with E-state index in [1.807, 2.05) is 25.2 Å². The first kappa shape index (κ1) is 16.7. The van der Waals surface area contributed by atoms with Crippen LogP contribution in [0.5, 0.6) is 5.75 Å². The molecule has 2 aromatic rings. The lowest BCUT2D eigenvalue weighted by Crippen LogP contribution is -2.38. The molecule has 3 rings (SSSR count). The quantitative estimate of drug-likeness (QED) is 0.913. The predicted molar refractivity (Wildman–Crippen MR) is 90.7 cm³/mol. The van der Waals surface area contributed by atoms with Gasteiger partial charge in [0.25, 0.3) is 0 Å². The lowest BCUT2D eigenvalue weighted by atomic mass is 10.1. The molecule has 1 fully saturated rings. The third-order valence-corrected chi connectivity index (χ3v) is 4.13. The molecule has 1 saturated heterocycles. The van der Waals surface area contributed by atoms with E-state index in [9.17, 15) is 4.39 Å². The van der Waals surface area contributed by atoms with E-state index in [4.69, 9.17) is 9.47 Å². The molecule has 5 nitrogen and oxygen atoms in total. The predicted octanol–water partition coefficient (Wildman–Crippen LogP) is 2.84. The number of nitrogens with one attached hydrogen (secondary N) is 1. The van der Waals surface area contributed by atoms with Gasteiger partial charge in [-0.3, -0.25) is 4.90 Å². The van der Waals surface area contributed by atoms with Crippen LogP contribution in [0.1, 0.15) is 17.4 Å². The molecule has 1 aliphatic rings. The fourth-order valence-electron chi connectivity index (χ4n) is 2.86. The number of nitrogens with zero attached hydrogens (tertiary/aromatic N) is 2. The highest BCUT2D eigenvalue weighted by Crippen LogP contribution is 2.24. The minimum Gasteiger partial charge on any atom is -0.494 e. The molecule has 1 N–H and O–H groups in total. The summed E-state index contributed by atoms with van der Waals surface area (Å²) >= 11 is 0. The second-order valence-corrected chi connectivity index (χ2v) is 5.76. The van der Waals surface area contributed by atoms with Gasteiger partial charge in [0.2, 0.25) is 0 Å². The first-order valence-corrected chi connectivity index (χ1v) is 8.00. The van der Waals surface area contributed by atoms with Crippen molar-refractivity contribution in [2.45, 2.75) is 12.6 Å². The summed E-state index contributed by atoms with van der Waals surface area (Å²) in [6.07, 6.45) is -0.0607. The Balaban J connectivity index is 1.69. The largest absolute Gasteiger partial charge is 0.494 e. The Labute approximate surface area is 141 Å². The topological polar surface area (TPSA) is 46.6 Å². The molecule has 0 aliphatic carbocycles. The maximum absolute atomic E-state index is 13.5. The fourth-order valence-corrected chi connectivity index (χ4v) is 2.86. The van der Waals surface area contributed by atoms with Gasteiger partial charge in [0.15, 0.2) is 11.6 Å². The van der Waals surface area contributed by atoms with Gasteiger partial charge in [-0.05, 0) is 29.8 Å². The van der Waals surface area contributed by atoms with Crippen LogP contribution in [-0.4, -0.2) is 43.7 Å². The molecule has 0 bridgehead atoms. The molecule has 2 heterocycles. The number of aromatic nitrogens is 1. The molecule has 128 valence electrons. The van der Waals surface area contributed by atoms with Gasteiger partial charge in [0.05, 0.1) is 19.4 Å². The summed E-state index contributed by atoms with van der Waals surface area (Å²) in [5.41, 5.74) is 1.94. The smallest absolute Gasteiger partial charge is 0.165 e. The SMILES string of the molecule is CNc1cccc([C@@H]2CN(Cc3ccc(F)c(OC)c3)CCO2)n1. The van der Waals surface area contributed by atoms with Gasteiger partial charge in [-0.2, -0.15) is 0 Å². The van der Waals surface area contributed by atoms with Crippen molar-refractivity contribution in [1.29, 1.82) is 0 Å². The molecular weight excluding hydrogens is 309 g/mol. The Morgan fingerprint density at radius 3 is 3.04 bits per heavy atom. The molecule has 1 aliphatic heterocycles. The zero-order chi connectivity index (χ0) is 16.9. The van der Waals surface area contributed by atoms with Crippen molar-refractivity contribution in [2.75, 3.05) is 39.2 Å². The number of benzene rings is 1. The number of ether oxygens (including phenoxy) is 2. The van der Waals surface area contributed by atoms with Gasteiger partial charge >= 0.3 is 0 Å². The molecule has 0 spiro atoms. The number of halogens is 1. The normalized spacial score (nSPS) is 18.4. The van der Waals surface area contributed by atoms with Gasteiger partial charge in [0.1, 0.15) is 11.9 Å². The van der Waals surface area contributed by atoms with Gasteiger partial charge in [-0.15, -0.1) is 0 Å². The van der Waals surface area contributed by atoms with Crippen LogP contribution >= 0.6 is 0 Å². The van der Waals surface area contributed by atoms with Crippen LogP contribution in [-0.2, 0) is 11.3 Å². The Morgan fingerprint density at radius 1 is 1.38 bits per heavy atom. The van der Waals surface area contributed by atoms with E-state index in [1.165, 1.54) is 13.2 Å². The van der Waals surface area contributed by atoms with E-state index in [-0.39, 0.29) is 17.7 Å². The zero-order valence-corrected chi connectivity index (χ0v) is 14.0. The maximum Gasteiger partial charge on any atom is 0.165 e. The number of hydrogen-bond acceptors (Lipinski definition) is 5. The summed E-state index contributed by atoms with van der Waals surface area (Å²) in [5, 5.41) is 3.05. The minimum atomic E-state index is -0.339. The van der Waals surface area contributed by atoms with Crippen LogP contribution in [0.4, 0.5) is 10.2 Å². The average molecular weight is 331 g/mol. The number of anilines is 1. The van der Waals surface area contributed by atoms with E-state index >= 15 is 0 Å². The standard InChI is InChI=1S/C18H22FN3O2/c1-20-18-5-3-4-15(21-18)17-12-22(8-9-24-17)11-13-6-7-14(19)16(10-13)23-2/h3-7,10,17H,8-9,11-12H2,1-2H3,(H,20,21)/t17-/m0/s1. The van der Waals surface area contributed by atoms with Crippen LogP contribution in [0.25, 0.3) is 0 Å². The molecule has 1 aromatic carbocycles. The molecule has 24 heavy (non-hydrogen) atoms. The summed E-state index contributed by atoms with van der Waals surface area (Å²) in [7, 11) is 3.33. The van der Waals surface area contributed by atoms with Crippen molar-refractivity contribution < 1.29 is 13.9 Å². The van der Waals surface area contributed by atoms with E-state index in [0.29, 0.717) is 6.61 Å². The monoisotopic (exact) mass is 331 g/mol. The highest BCUT2D eigenvalue weighted by molar-refractivity contribution is 5.35. The van der Waals surface area contributed by atoms with Crippen molar-refractivity contribution in [3.63, 3.8) is 0 Å². The van der Waals surface area contributed by atoms with Gasteiger partial charge in [-0.1, -0.05) is 12.1 Å². The summed E-state index contributed by atoms with van der Waals surface area (Å²) in [6.45, 7) is 2.96. The molecule has 0 amide bonds. The lowest BCUT2D eigenvalue weighted by Gasteiger charge is -2.32. The second-order valence-electron chi connectivity index (χ2n) is 5.76. The van der Waals surface area contributed by atoms with E-state index in [1.54, 1.807) is 12.1 Å². The van der Waals surface area contributed by atoms with E-state index in [0.717, 1.165) is 36.7 Å². The number of rotatable bonds is 5. The van der Waals surface area contributed by atoms with Crippen molar-refractivity contribution in [3.05, 3.63) is 53.5 Å². The number of pyridine rings is 1. The third kappa shape index (κ3) is 3.83. The third-order valence-electron chi connectivity index (χ3n) is 4.13. The van der Waals surface area contributed by atoms with Crippen LogP contribution in [0, 0.1) is 5.82 Å². The van der Waals surface area contributed by atoms with Crippen LogP contribution in [0.15, 0.2) is 36.4 Å². The first-order valence-electron chi connectivity index (χ1n) is 8.00. The van der Waals surface area contributed by atoms with Gasteiger partial charge < -0.3 is 14.8 Å². The molecule has 0 radical (unpaired) electrons. The highest BCUT2D eigenvalue weighted by atomic mass is 19.1. The number of morpholine rings is 1. The lowest BCUT2D eigenvalue weighted by molar-refractivity contribution is -0.0349. The van der Waals surface area contributed by atoms with Crippen molar-refractivity contribution in [2.24, 2.45) is 0 Å². The number of hydrogen-bond donors (Lipinski definition) is 1. The van der Waals surface area contributed by atoms with Gasteiger partial charge in [0, 0.05) is 26.7 Å². The summed E-state index contributed by atoms with van der Waals surface area (Å²) in [6, 6.07) is 10.9. The summed E-state index contributed by atoms with van der Waals surface area (Å²) in [4.78, 5) is 6.85. The molecule has 1 aromatic heterocycles. The highest BCUT2D eigenvalue weighted by Gasteiger charge is 2.23. The van der Waals surface area contributed by atoms with Crippen LogP contribution < -0.4 is 10.1 Å². The molecule has 1 atom stereocenters. The van der Waals surface area contributed by atoms with Crippen LogP contribution in [0.3, 0.4) is 0 Å². The zero-order valence-electron chi connectivity index (χ0n) is 14.0. The Kier molecular flexibility index (Phi) is 5.27. The first-order chi connectivity index (χ1) is 11.7. The fraction of sp³-hybridized carbons (Fsp3) is 0.389. The molecule has 6 heteroatoms.